The van der Waals surface area contributed by atoms with Crippen molar-refractivity contribution in [3.8, 4) is 0 Å². The number of hydrogen-bond donors (Lipinski definition) is 1. The zero-order chi connectivity index (χ0) is 13.1. The molecule has 0 spiro atoms. The highest BCUT2D eigenvalue weighted by molar-refractivity contribution is 7.10. The first-order valence-corrected chi connectivity index (χ1v) is 7.30. The highest BCUT2D eigenvalue weighted by Crippen LogP contribution is 2.33. The van der Waals surface area contributed by atoms with Crippen LogP contribution in [0.2, 0.25) is 5.02 Å². The molecule has 1 unspecified atom stereocenters. The Hall–Kier alpha value is -0.840. The number of nitrogens with zero attached hydrogens (tertiary/aromatic N) is 2. The van der Waals surface area contributed by atoms with E-state index < -0.39 is 6.10 Å². The molecular formula is C13H17ClN2OS. The van der Waals surface area contributed by atoms with Gasteiger partial charge in [-0.3, -0.25) is 0 Å². The number of rotatable bonds is 5. The number of aromatic nitrogens is 2. The van der Waals surface area contributed by atoms with Crippen LogP contribution in [-0.4, -0.2) is 14.7 Å². The third-order valence-electron chi connectivity index (χ3n) is 2.87. The van der Waals surface area contributed by atoms with Crippen molar-refractivity contribution >= 4 is 22.9 Å². The molecule has 3 nitrogen and oxygen atoms in total. The van der Waals surface area contributed by atoms with Crippen molar-refractivity contribution in [2.75, 3.05) is 0 Å². The number of aliphatic hydroxyl groups excluding tert-OH is 1. The van der Waals surface area contributed by atoms with Crippen LogP contribution in [0.1, 0.15) is 35.7 Å². The summed E-state index contributed by atoms with van der Waals surface area (Å²) >= 11 is 7.67. The van der Waals surface area contributed by atoms with E-state index in [-0.39, 0.29) is 0 Å². The summed E-state index contributed by atoms with van der Waals surface area (Å²) in [5.74, 6) is 0.909. The lowest BCUT2D eigenvalue weighted by atomic mass is 10.2. The van der Waals surface area contributed by atoms with Gasteiger partial charge in [-0.05, 0) is 24.3 Å². The molecule has 1 N–H and O–H groups in total. The van der Waals surface area contributed by atoms with Gasteiger partial charge in [0.2, 0.25) is 0 Å². The quantitative estimate of drug-likeness (QED) is 0.911. The molecule has 98 valence electrons. The Morgan fingerprint density at radius 1 is 1.56 bits per heavy atom. The second kappa shape index (κ2) is 5.87. The highest BCUT2D eigenvalue weighted by Gasteiger charge is 2.18. The molecule has 0 aliphatic carbocycles. The molecule has 0 saturated heterocycles. The number of aliphatic hydroxyl groups is 1. The van der Waals surface area contributed by atoms with E-state index in [1.165, 1.54) is 11.3 Å². The van der Waals surface area contributed by atoms with E-state index in [4.69, 9.17) is 11.6 Å². The van der Waals surface area contributed by atoms with E-state index in [0.717, 1.165) is 29.2 Å². The fourth-order valence-corrected chi connectivity index (χ4v) is 3.22. The van der Waals surface area contributed by atoms with Crippen molar-refractivity contribution in [3.05, 3.63) is 39.1 Å². The van der Waals surface area contributed by atoms with Crippen molar-refractivity contribution in [1.29, 1.82) is 0 Å². The fourth-order valence-electron chi connectivity index (χ4n) is 1.91. The smallest absolute Gasteiger partial charge is 0.111 e. The van der Waals surface area contributed by atoms with E-state index in [2.05, 4.69) is 16.5 Å². The van der Waals surface area contributed by atoms with Gasteiger partial charge < -0.3 is 9.67 Å². The van der Waals surface area contributed by atoms with Gasteiger partial charge in [0.05, 0.1) is 16.0 Å². The molecule has 2 rings (SSSR count). The van der Waals surface area contributed by atoms with Crippen LogP contribution < -0.4 is 0 Å². The molecule has 18 heavy (non-hydrogen) atoms. The summed E-state index contributed by atoms with van der Waals surface area (Å²) in [6.07, 6.45) is 4.71. The Bertz CT molecular complexity index is 521. The van der Waals surface area contributed by atoms with Gasteiger partial charge in [-0.1, -0.05) is 18.5 Å². The zero-order valence-corrected chi connectivity index (χ0v) is 12.1. The minimum absolute atomic E-state index is 0.507. The summed E-state index contributed by atoms with van der Waals surface area (Å²) < 4.78 is 2.08. The molecule has 0 aromatic carbocycles. The van der Waals surface area contributed by atoms with Gasteiger partial charge >= 0.3 is 0 Å². The predicted octanol–water partition coefficient (Wildman–Crippen LogP) is 3.59. The number of aryl methyl sites for hydroxylation is 2. The first-order valence-electron chi connectivity index (χ1n) is 6.05. The first-order chi connectivity index (χ1) is 8.63. The van der Waals surface area contributed by atoms with Gasteiger partial charge in [-0.15, -0.1) is 11.3 Å². The molecule has 0 fully saturated rings. The first kappa shape index (κ1) is 13.6. The van der Waals surface area contributed by atoms with Crippen molar-refractivity contribution in [2.24, 2.45) is 0 Å². The Kier molecular flexibility index (Phi) is 4.43. The summed E-state index contributed by atoms with van der Waals surface area (Å²) in [7, 11) is 0. The highest BCUT2D eigenvalue weighted by atomic mass is 35.5. The van der Waals surface area contributed by atoms with Crippen molar-refractivity contribution in [3.63, 3.8) is 0 Å². The van der Waals surface area contributed by atoms with E-state index in [9.17, 15) is 5.11 Å². The summed E-state index contributed by atoms with van der Waals surface area (Å²) in [4.78, 5) is 5.13. The van der Waals surface area contributed by atoms with Crippen molar-refractivity contribution in [2.45, 2.75) is 39.3 Å². The maximum Gasteiger partial charge on any atom is 0.111 e. The van der Waals surface area contributed by atoms with Gasteiger partial charge in [0, 0.05) is 25.4 Å². The minimum atomic E-state index is -0.575. The molecule has 0 aliphatic heterocycles. The SMILES string of the molecule is CCCn1ccnc1CC(O)c1scc(C)c1Cl. The van der Waals surface area contributed by atoms with Gasteiger partial charge in [0.1, 0.15) is 5.82 Å². The van der Waals surface area contributed by atoms with Crippen LogP contribution in [0.15, 0.2) is 17.8 Å². The number of imidazole rings is 1. The summed E-state index contributed by atoms with van der Waals surface area (Å²) in [6, 6.07) is 0. The molecule has 0 amide bonds. The molecule has 5 heteroatoms. The molecule has 0 bridgehead atoms. The monoisotopic (exact) mass is 284 g/mol. The molecule has 2 aromatic heterocycles. The lowest BCUT2D eigenvalue weighted by Gasteiger charge is -2.11. The molecule has 2 heterocycles. The molecule has 0 radical (unpaired) electrons. The van der Waals surface area contributed by atoms with Crippen LogP contribution in [0.3, 0.4) is 0 Å². The lowest BCUT2D eigenvalue weighted by molar-refractivity contribution is 0.178. The third kappa shape index (κ3) is 2.76. The van der Waals surface area contributed by atoms with E-state index in [1.807, 2.05) is 18.5 Å². The van der Waals surface area contributed by atoms with Crippen LogP contribution in [0.5, 0.6) is 0 Å². The average molecular weight is 285 g/mol. The Morgan fingerprint density at radius 2 is 2.33 bits per heavy atom. The predicted molar refractivity (Wildman–Crippen MR) is 75.2 cm³/mol. The van der Waals surface area contributed by atoms with E-state index >= 15 is 0 Å². The fraction of sp³-hybridized carbons (Fsp3) is 0.462. The standard InChI is InChI=1S/C13H17ClN2OS/c1-3-5-16-6-4-15-11(16)7-10(17)13-12(14)9(2)8-18-13/h4,6,8,10,17H,3,5,7H2,1-2H3. The average Bonchev–Trinajstić information content (AvgIpc) is 2.89. The largest absolute Gasteiger partial charge is 0.387 e. The summed E-state index contributed by atoms with van der Waals surface area (Å²) in [5, 5.41) is 12.9. The van der Waals surface area contributed by atoms with Crippen LogP contribution in [0, 0.1) is 6.92 Å². The zero-order valence-electron chi connectivity index (χ0n) is 10.6. The van der Waals surface area contributed by atoms with Crippen LogP contribution >= 0.6 is 22.9 Å². The number of thiophene rings is 1. The minimum Gasteiger partial charge on any atom is -0.387 e. The molecule has 2 aromatic rings. The van der Waals surface area contributed by atoms with Crippen molar-refractivity contribution in [1.82, 2.24) is 9.55 Å². The second-order valence-electron chi connectivity index (χ2n) is 4.35. The van der Waals surface area contributed by atoms with Crippen LogP contribution in [-0.2, 0) is 13.0 Å². The van der Waals surface area contributed by atoms with Gasteiger partial charge in [-0.2, -0.15) is 0 Å². The van der Waals surface area contributed by atoms with Crippen LogP contribution in [0.4, 0.5) is 0 Å². The molecular weight excluding hydrogens is 268 g/mol. The lowest BCUT2D eigenvalue weighted by Crippen LogP contribution is -2.08. The van der Waals surface area contributed by atoms with Gasteiger partial charge in [0.15, 0.2) is 0 Å². The summed E-state index contributed by atoms with van der Waals surface area (Å²) in [6.45, 7) is 5.01. The molecule has 0 aliphatic rings. The Morgan fingerprint density at radius 3 is 2.94 bits per heavy atom. The topological polar surface area (TPSA) is 38.0 Å². The van der Waals surface area contributed by atoms with Crippen LogP contribution in [0.25, 0.3) is 0 Å². The van der Waals surface area contributed by atoms with Gasteiger partial charge in [0.25, 0.3) is 0 Å². The molecule has 0 saturated carbocycles. The van der Waals surface area contributed by atoms with E-state index in [0.29, 0.717) is 11.4 Å². The molecule has 1 atom stereocenters. The Balaban J connectivity index is 2.13. The number of halogens is 1. The van der Waals surface area contributed by atoms with Crippen molar-refractivity contribution < 1.29 is 5.11 Å². The number of hydrogen-bond acceptors (Lipinski definition) is 3. The normalized spacial score (nSPS) is 12.9. The second-order valence-corrected chi connectivity index (χ2v) is 5.64. The van der Waals surface area contributed by atoms with Gasteiger partial charge in [-0.25, -0.2) is 4.98 Å². The maximum atomic E-state index is 10.3. The Labute approximate surface area is 116 Å². The maximum absolute atomic E-state index is 10.3. The third-order valence-corrected chi connectivity index (χ3v) is 4.69. The van der Waals surface area contributed by atoms with E-state index in [1.54, 1.807) is 6.20 Å². The summed E-state index contributed by atoms with van der Waals surface area (Å²) in [5.41, 5.74) is 1.02.